The van der Waals surface area contributed by atoms with Gasteiger partial charge in [0.05, 0.1) is 25.5 Å². The number of likely N-dealkylation sites (tertiary alicyclic amines) is 1. The zero-order valence-electron chi connectivity index (χ0n) is 31.1. The van der Waals surface area contributed by atoms with Crippen LogP contribution in [0, 0.1) is 5.92 Å². The van der Waals surface area contributed by atoms with E-state index in [0.29, 0.717) is 18.8 Å². The van der Waals surface area contributed by atoms with Crippen LogP contribution in [0.1, 0.15) is 64.8 Å². The number of para-hydroxylation sites is 1. The maximum absolute atomic E-state index is 13.3. The van der Waals surface area contributed by atoms with Gasteiger partial charge in [-0.3, -0.25) is 9.59 Å². The summed E-state index contributed by atoms with van der Waals surface area (Å²) in [6.07, 6.45) is 0.518. The topological polar surface area (TPSA) is 103 Å². The number of nitrogens with zero attached hydrogens (tertiary/aromatic N) is 2. The summed E-state index contributed by atoms with van der Waals surface area (Å²) in [6.45, 7) is 5.39. The maximum Gasteiger partial charge on any atom is 0.251 e. The minimum atomic E-state index is -0.594. The van der Waals surface area contributed by atoms with Gasteiger partial charge >= 0.3 is 0 Å². The number of hydrogen-bond acceptors (Lipinski definition) is 7. The van der Waals surface area contributed by atoms with Gasteiger partial charge in [0.15, 0.2) is 6.29 Å². The van der Waals surface area contributed by atoms with Crippen molar-refractivity contribution in [2.75, 3.05) is 31.2 Å². The molecule has 3 heterocycles. The highest BCUT2D eigenvalue weighted by molar-refractivity contribution is 5.94. The van der Waals surface area contributed by atoms with Crippen LogP contribution < -0.4 is 15.5 Å². The Kier molecular flexibility index (Phi) is 10.8. The molecule has 9 heteroatoms. The molecule has 2 amide bonds. The van der Waals surface area contributed by atoms with E-state index in [-0.39, 0.29) is 36.5 Å². The molecule has 0 bridgehead atoms. The fourth-order valence-corrected chi connectivity index (χ4v) is 8.36. The number of carbonyl (C=O) groups excluding carboxylic acids is 2. The third-order valence-electron chi connectivity index (χ3n) is 11.6. The molecule has 3 fully saturated rings. The van der Waals surface area contributed by atoms with Crippen molar-refractivity contribution in [2.24, 2.45) is 5.92 Å². The fraction of sp³-hybridized carbons (Fsp3) is 0.304. The van der Waals surface area contributed by atoms with Crippen LogP contribution in [-0.4, -0.2) is 59.8 Å². The largest absolute Gasteiger partial charge is 0.392 e. The summed E-state index contributed by atoms with van der Waals surface area (Å²) in [5, 5.41) is 15.9. The molecule has 1 spiro atoms. The van der Waals surface area contributed by atoms with E-state index in [1.165, 1.54) is 0 Å². The lowest BCUT2D eigenvalue weighted by Crippen LogP contribution is -2.57. The lowest BCUT2D eigenvalue weighted by atomic mass is 9.84. The van der Waals surface area contributed by atoms with E-state index in [2.05, 4.69) is 69.8 Å². The Hall–Kier alpha value is -5.32. The molecule has 3 aliphatic heterocycles. The van der Waals surface area contributed by atoms with Crippen molar-refractivity contribution in [3.63, 3.8) is 0 Å². The summed E-state index contributed by atoms with van der Waals surface area (Å²) in [4.78, 5) is 30.8. The number of hydrogen-bond donors (Lipinski definition) is 3. The molecule has 5 aromatic carbocycles. The van der Waals surface area contributed by atoms with Gasteiger partial charge in [-0.1, -0.05) is 116 Å². The first-order valence-electron chi connectivity index (χ1n) is 19.3. The third kappa shape index (κ3) is 7.66. The molecule has 4 atom stereocenters. The van der Waals surface area contributed by atoms with Gasteiger partial charge in [0, 0.05) is 48.9 Å². The standard InChI is InChI=1S/C46H48N4O5/c1-32-41(29-49-26-24-46(25-27-49)45(53)48-31-50(46)39-13-6-3-7-14-39)54-44(55-42(32)35-18-16-33(30-51)17-19-35)37-22-20-34(21-23-37)40-15-9-8-12-38(40)28-47-43(52)36-10-4-2-5-11-36/h2-23,32,41-42,44,51H,24-31H2,1H3,(H,47,52)(H,48,53)/t32-,41+,42+,44+/m0/s1. The molecule has 9 nitrogen and oxygen atoms in total. The lowest BCUT2D eigenvalue weighted by Gasteiger charge is -2.46. The Labute approximate surface area is 322 Å². The Bertz CT molecular complexity index is 2070. The molecular weight excluding hydrogens is 689 g/mol. The highest BCUT2D eigenvalue weighted by atomic mass is 16.7. The number of carbonyl (C=O) groups is 2. The third-order valence-corrected chi connectivity index (χ3v) is 11.6. The van der Waals surface area contributed by atoms with Crippen LogP contribution in [-0.2, 0) is 27.4 Å². The molecule has 0 aliphatic carbocycles. The van der Waals surface area contributed by atoms with Gasteiger partial charge in [-0.25, -0.2) is 0 Å². The Morgan fingerprint density at radius 3 is 2.18 bits per heavy atom. The second-order valence-corrected chi connectivity index (χ2v) is 14.9. The SMILES string of the molecule is C[C@H]1[C@@H](CN2CCC3(CC2)C(=O)NCN3c2ccccc2)O[C@@H](c2ccc(-c3ccccc3CNC(=O)c3ccccc3)cc2)O[C@H]1c1ccc(CO)cc1. The number of rotatable bonds is 10. The minimum Gasteiger partial charge on any atom is -0.392 e. The van der Waals surface area contributed by atoms with E-state index in [4.69, 9.17) is 9.47 Å². The quantitative estimate of drug-likeness (QED) is 0.142. The van der Waals surface area contributed by atoms with Crippen LogP contribution in [0.4, 0.5) is 5.69 Å². The van der Waals surface area contributed by atoms with Crippen LogP contribution in [0.2, 0.25) is 0 Å². The summed E-state index contributed by atoms with van der Waals surface area (Å²) in [6, 6.07) is 43.9. The summed E-state index contributed by atoms with van der Waals surface area (Å²) in [7, 11) is 0. The summed E-state index contributed by atoms with van der Waals surface area (Å²) in [5.41, 5.74) is 7.08. The average Bonchev–Trinajstić information content (AvgIpc) is 3.56. The number of ether oxygens (including phenoxy) is 2. The van der Waals surface area contributed by atoms with Crippen molar-refractivity contribution in [3.05, 3.63) is 161 Å². The van der Waals surface area contributed by atoms with Crippen molar-refractivity contribution >= 4 is 17.5 Å². The molecule has 0 saturated carbocycles. The Morgan fingerprint density at radius 2 is 1.47 bits per heavy atom. The molecule has 5 aromatic rings. The van der Waals surface area contributed by atoms with E-state index >= 15 is 0 Å². The van der Waals surface area contributed by atoms with Crippen molar-refractivity contribution in [1.29, 1.82) is 0 Å². The van der Waals surface area contributed by atoms with Crippen molar-refractivity contribution in [2.45, 2.75) is 57.0 Å². The molecular formula is C46H48N4O5. The molecule has 0 radical (unpaired) electrons. The highest BCUT2D eigenvalue weighted by Crippen LogP contribution is 2.43. The second kappa shape index (κ2) is 16.2. The van der Waals surface area contributed by atoms with Crippen LogP contribution in [0.25, 0.3) is 11.1 Å². The molecule has 3 saturated heterocycles. The Morgan fingerprint density at radius 1 is 0.818 bits per heavy atom. The number of aliphatic hydroxyl groups excluding tert-OH is 1. The van der Waals surface area contributed by atoms with E-state index in [1.807, 2.05) is 91.0 Å². The van der Waals surface area contributed by atoms with Crippen LogP contribution in [0.15, 0.2) is 133 Å². The van der Waals surface area contributed by atoms with Crippen molar-refractivity contribution in [1.82, 2.24) is 15.5 Å². The molecule has 55 heavy (non-hydrogen) atoms. The van der Waals surface area contributed by atoms with Crippen molar-refractivity contribution < 1.29 is 24.2 Å². The van der Waals surface area contributed by atoms with Crippen molar-refractivity contribution in [3.8, 4) is 11.1 Å². The monoisotopic (exact) mass is 736 g/mol. The summed E-state index contributed by atoms with van der Waals surface area (Å²) >= 11 is 0. The van der Waals surface area contributed by atoms with Gasteiger partial charge in [0.2, 0.25) is 5.91 Å². The highest BCUT2D eigenvalue weighted by Gasteiger charge is 2.51. The first-order valence-corrected chi connectivity index (χ1v) is 19.3. The zero-order valence-corrected chi connectivity index (χ0v) is 31.1. The van der Waals surface area contributed by atoms with Crippen LogP contribution in [0.5, 0.6) is 0 Å². The molecule has 3 N–H and O–H groups in total. The van der Waals surface area contributed by atoms with Crippen LogP contribution >= 0.6 is 0 Å². The van der Waals surface area contributed by atoms with Gasteiger partial charge < -0.3 is 35.0 Å². The first-order chi connectivity index (χ1) is 26.9. The minimum absolute atomic E-state index is 0.0131. The summed E-state index contributed by atoms with van der Waals surface area (Å²) in [5.74, 6) is 0.0463. The maximum atomic E-state index is 13.3. The smallest absolute Gasteiger partial charge is 0.251 e. The van der Waals surface area contributed by atoms with Gasteiger partial charge in [-0.15, -0.1) is 0 Å². The fourth-order valence-electron chi connectivity index (χ4n) is 8.36. The lowest BCUT2D eigenvalue weighted by molar-refractivity contribution is -0.276. The number of nitrogens with one attached hydrogen (secondary N) is 2. The van der Waals surface area contributed by atoms with E-state index < -0.39 is 11.8 Å². The molecule has 3 aliphatic rings. The first kappa shape index (κ1) is 36.6. The number of anilines is 1. The molecule has 282 valence electrons. The molecule has 8 rings (SSSR count). The second-order valence-electron chi connectivity index (χ2n) is 14.9. The van der Waals surface area contributed by atoms with Gasteiger partial charge in [-0.2, -0.15) is 0 Å². The number of benzene rings is 5. The van der Waals surface area contributed by atoms with Gasteiger partial charge in [-0.05, 0) is 64.9 Å². The van der Waals surface area contributed by atoms with E-state index in [0.717, 1.165) is 71.5 Å². The van der Waals surface area contributed by atoms with Gasteiger partial charge in [0.25, 0.3) is 5.91 Å². The average molecular weight is 737 g/mol. The molecule has 0 unspecified atom stereocenters. The van der Waals surface area contributed by atoms with Gasteiger partial charge in [0.1, 0.15) is 5.54 Å². The van der Waals surface area contributed by atoms with E-state index in [1.54, 1.807) is 0 Å². The number of aliphatic hydroxyl groups is 1. The van der Waals surface area contributed by atoms with Crippen LogP contribution in [0.3, 0.4) is 0 Å². The number of piperidine rings is 1. The number of amides is 2. The predicted molar refractivity (Wildman–Crippen MR) is 213 cm³/mol. The molecule has 0 aromatic heterocycles. The summed E-state index contributed by atoms with van der Waals surface area (Å²) < 4.78 is 13.6. The Balaban J connectivity index is 0.993. The zero-order chi connectivity index (χ0) is 37.8. The van der Waals surface area contributed by atoms with E-state index in [9.17, 15) is 14.7 Å². The predicted octanol–water partition coefficient (Wildman–Crippen LogP) is 7.00. The normalized spacial score (nSPS) is 22.4.